The second kappa shape index (κ2) is 6.08. The number of carbonyl (C=O) groups excluding carboxylic acids is 2. The van der Waals surface area contributed by atoms with Crippen LogP contribution >= 0.6 is 0 Å². The van der Waals surface area contributed by atoms with Gasteiger partial charge in [-0.1, -0.05) is 23.8 Å². The Labute approximate surface area is 137 Å². The molecule has 8 heteroatoms. The van der Waals surface area contributed by atoms with E-state index in [4.69, 9.17) is 0 Å². The van der Waals surface area contributed by atoms with E-state index in [2.05, 4.69) is 5.32 Å². The highest BCUT2D eigenvalue weighted by Gasteiger charge is 2.50. The third-order valence-electron chi connectivity index (χ3n) is 4.06. The number of nitrogens with one attached hydrogen (secondary N) is 1. The molecule has 0 saturated carbocycles. The van der Waals surface area contributed by atoms with Crippen LogP contribution in [-0.4, -0.2) is 40.8 Å². The van der Waals surface area contributed by atoms with Crippen molar-refractivity contribution in [3.8, 4) is 0 Å². The molecular weight excluding hydrogens is 325 g/mol. The molecule has 1 aliphatic rings. The van der Waals surface area contributed by atoms with Crippen molar-refractivity contribution in [2.24, 2.45) is 0 Å². The van der Waals surface area contributed by atoms with E-state index in [1.54, 1.807) is 19.1 Å². The van der Waals surface area contributed by atoms with Crippen molar-refractivity contribution >= 4 is 11.9 Å². The van der Waals surface area contributed by atoms with Crippen molar-refractivity contribution < 1.29 is 27.9 Å². The first-order valence-corrected chi connectivity index (χ1v) is 7.40. The van der Waals surface area contributed by atoms with Gasteiger partial charge in [-0.15, -0.1) is 0 Å². The molecule has 1 aromatic carbocycles. The number of carbonyl (C=O) groups is 2. The summed E-state index contributed by atoms with van der Waals surface area (Å²) >= 11 is 0. The maximum atomic E-state index is 12.6. The van der Waals surface area contributed by atoms with Crippen LogP contribution < -0.4 is 5.32 Å². The topological polar surface area (TPSA) is 69.6 Å². The highest BCUT2D eigenvalue weighted by molar-refractivity contribution is 6.07. The average molecular weight is 344 g/mol. The Balaban J connectivity index is 2.24. The molecule has 2 N–H and O–H groups in total. The molecule has 0 aromatic heterocycles. The number of hydrogen-bond acceptors (Lipinski definition) is 3. The van der Waals surface area contributed by atoms with Gasteiger partial charge in [0.25, 0.3) is 5.91 Å². The number of halogens is 3. The van der Waals surface area contributed by atoms with Crippen LogP contribution in [0.4, 0.5) is 18.0 Å². The summed E-state index contributed by atoms with van der Waals surface area (Å²) in [4.78, 5) is 25.3. The van der Waals surface area contributed by atoms with Crippen molar-refractivity contribution in [3.05, 3.63) is 34.9 Å². The van der Waals surface area contributed by atoms with E-state index >= 15 is 0 Å². The number of imide groups is 1. The predicted molar refractivity (Wildman–Crippen MR) is 80.2 cm³/mol. The first-order chi connectivity index (χ1) is 10.9. The molecular formula is C16H19F3N2O3. The van der Waals surface area contributed by atoms with E-state index < -0.39 is 42.7 Å². The molecule has 0 spiro atoms. The lowest BCUT2D eigenvalue weighted by Gasteiger charge is -2.25. The van der Waals surface area contributed by atoms with E-state index in [9.17, 15) is 27.9 Å². The maximum Gasteiger partial charge on any atom is 0.391 e. The fourth-order valence-corrected chi connectivity index (χ4v) is 2.96. The van der Waals surface area contributed by atoms with Crippen molar-refractivity contribution in [2.75, 3.05) is 6.54 Å². The average Bonchev–Trinajstić information content (AvgIpc) is 2.61. The minimum Gasteiger partial charge on any atom is -0.391 e. The van der Waals surface area contributed by atoms with E-state index in [0.717, 1.165) is 11.1 Å². The highest BCUT2D eigenvalue weighted by Crippen LogP contribution is 2.32. The summed E-state index contributed by atoms with van der Waals surface area (Å²) in [6, 6.07) is 4.53. The molecule has 5 nitrogen and oxygen atoms in total. The molecule has 2 atom stereocenters. The van der Waals surface area contributed by atoms with Gasteiger partial charge in [0, 0.05) is 0 Å². The second-order valence-electron chi connectivity index (χ2n) is 6.26. The molecule has 2 rings (SSSR count). The zero-order valence-electron chi connectivity index (χ0n) is 13.6. The Bertz CT molecular complexity index is 675. The summed E-state index contributed by atoms with van der Waals surface area (Å²) in [5, 5.41) is 12.0. The van der Waals surface area contributed by atoms with Crippen LogP contribution in [-0.2, 0) is 10.3 Å². The van der Waals surface area contributed by atoms with Crippen LogP contribution in [0.5, 0.6) is 0 Å². The van der Waals surface area contributed by atoms with Crippen LogP contribution in [0.2, 0.25) is 0 Å². The Morgan fingerprint density at radius 3 is 2.46 bits per heavy atom. The summed E-state index contributed by atoms with van der Waals surface area (Å²) in [5.74, 6) is -0.680. The van der Waals surface area contributed by atoms with Crippen LogP contribution in [0.15, 0.2) is 18.2 Å². The Morgan fingerprint density at radius 1 is 1.29 bits per heavy atom. The minimum absolute atomic E-state index is 0.569. The zero-order valence-corrected chi connectivity index (χ0v) is 13.6. The predicted octanol–water partition coefficient (Wildman–Crippen LogP) is 2.38. The Morgan fingerprint density at radius 2 is 1.92 bits per heavy atom. The molecule has 3 amide bonds. The molecule has 0 unspecified atom stereocenters. The molecule has 1 aromatic rings. The lowest BCUT2D eigenvalue weighted by atomic mass is 9.87. The van der Waals surface area contributed by atoms with Gasteiger partial charge in [0.15, 0.2) is 0 Å². The van der Waals surface area contributed by atoms with Gasteiger partial charge >= 0.3 is 12.2 Å². The SMILES string of the molecule is Cc1ccc([C@]2(C)NC(=O)N(C[C@H](O)CC(F)(F)F)C2=O)c(C)c1. The summed E-state index contributed by atoms with van der Waals surface area (Å²) in [6.07, 6.45) is -7.92. The van der Waals surface area contributed by atoms with Crippen LogP contribution in [0, 0.1) is 13.8 Å². The van der Waals surface area contributed by atoms with Crippen molar-refractivity contribution in [2.45, 2.75) is 45.0 Å². The number of rotatable bonds is 4. The molecule has 1 heterocycles. The molecule has 132 valence electrons. The minimum atomic E-state index is -4.57. The lowest BCUT2D eigenvalue weighted by Crippen LogP contribution is -2.43. The number of aliphatic hydroxyl groups excluding tert-OH is 1. The van der Waals surface area contributed by atoms with Gasteiger partial charge in [-0.05, 0) is 31.9 Å². The third kappa shape index (κ3) is 3.53. The van der Waals surface area contributed by atoms with Gasteiger partial charge in [0.1, 0.15) is 5.54 Å². The number of amides is 3. The molecule has 24 heavy (non-hydrogen) atoms. The first-order valence-electron chi connectivity index (χ1n) is 7.40. The van der Waals surface area contributed by atoms with Crippen molar-refractivity contribution in [3.63, 3.8) is 0 Å². The summed E-state index contributed by atoms with van der Waals surface area (Å²) in [5.41, 5.74) is 0.962. The monoisotopic (exact) mass is 344 g/mol. The number of β-amino-alcohol motifs (C(OH)–C–C–N with tert-alkyl or cyclic N) is 1. The molecule has 0 radical (unpaired) electrons. The quantitative estimate of drug-likeness (QED) is 0.824. The number of benzene rings is 1. The van der Waals surface area contributed by atoms with Gasteiger partial charge in [-0.25, -0.2) is 4.79 Å². The lowest BCUT2D eigenvalue weighted by molar-refractivity contribution is -0.156. The van der Waals surface area contributed by atoms with Crippen LogP contribution in [0.1, 0.15) is 30.0 Å². The van der Waals surface area contributed by atoms with Gasteiger partial charge in [-0.3, -0.25) is 9.69 Å². The summed E-state index contributed by atoms with van der Waals surface area (Å²) in [6.45, 7) is 4.47. The van der Waals surface area contributed by atoms with Crippen LogP contribution in [0.3, 0.4) is 0 Å². The maximum absolute atomic E-state index is 12.6. The van der Waals surface area contributed by atoms with Gasteiger partial charge in [0.05, 0.1) is 19.1 Å². The fraction of sp³-hybridized carbons (Fsp3) is 0.500. The Hall–Kier alpha value is -2.09. The van der Waals surface area contributed by atoms with Crippen molar-refractivity contribution in [1.82, 2.24) is 10.2 Å². The largest absolute Gasteiger partial charge is 0.391 e. The third-order valence-corrected chi connectivity index (χ3v) is 4.06. The zero-order chi connectivity index (χ0) is 18.3. The van der Waals surface area contributed by atoms with Gasteiger partial charge in [-0.2, -0.15) is 13.2 Å². The van der Waals surface area contributed by atoms with Gasteiger partial charge in [0.2, 0.25) is 0 Å². The molecule has 0 bridgehead atoms. The number of nitrogens with zero attached hydrogens (tertiary/aromatic N) is 1. The summed E-state index contributed by atoms with van der Waals surface area (Å²) < 4.78 is 37.0. The van der Waals surface area contributed by atoms with Gasteiger partial charge < -0.3 is 10.4 Å². The number of urea groups is 1. The Kier molecular flexibility index (Phi) is 4.63. The number of aryl methyl sites for hydroxylation is 2. The molecule has 1 aliphatic heterocycles. The van der Waals surface area contributed by atoms with Crippen LogP contribution in [0.25, 0.3) is 0 Å². The number of alkyl halides is 3. The smallest absolute Gasteiger partial charge is 0.391 e. The number of hydrogen-bond donors (Lipinski definition) is 2. The first kappa shape index (κ1) is 18.3. The summed E-state index contributed by atoms with van der Waals surface area (Å²) in [7, 11) is 0. The van der Waals surface area contributed by atoms with E-state index in [0.29, 0.717) is 10.5 Å². The molecule has 0 aliphatic carbocycles. The second-order valence-corrected chi connectivity index (χ2v) is 6.26. The normalized spacial score (nSPS) is 22.7. The number of aliphatic hydroxyl groups is 1. The highest BCUT2D eigenvalue weighted by atomic mass is 19.4. The molecule has 1 fully saturated rings. The molecule has 1 saturated heterocycles. The van der Waals surface area contributed by atoms with E-state index in [1.807, 2.05) is 13.0 Å². The van der Waals surface area contributed by atoms with E-state index in [-0.39, 0.29) is 0 Å². The standard InChI is InChI=1S/C16H19F3N2O3/c1-9-4-5-12(10(2)6-9)15(3)13(23)21(14(24)20-15)8-11(22)7-16(17,18)19/h4-6,11,22H,7-8H2,1-3H3,(H,20,24)/t11-,15+/m1/s1. The fourth-order valence-electron chi connectivity index (χ4n) is 2.96. The van der Waals surface area contributed by atoms with Crippen molar-refractivity contribution in [1.29, 1.82) is 0 Å². The van der Waals surface area contributed by atoms with E-state index in [1.165, 1.54) is 6.92 Å².